The minimum Gasteiger partial charge on any atom is -0.265 e. The van der Waals surface area contributed by atoms with Gasteiger partial charge in [0.2, 0.25) is 0 Å². The smallest absolute Gasteiger partial charge is 0.265 e. The van der Waals surface area contributed by atoms with Crippen LogP contribution in [0.1, 0.15) is 12.5 Å². The Kier molecular flexibility index (Phi) is 4.41. The van der Waals surface area contributed by atoms with E-state index in [0.717, 1.165) is 12.1 Å². The molecule has 0 amide bonds. The number of anilines is 1. The fourth-order valence-electron chi connectivity index (χ4n) is 2.01. The maximum atomic E-state index is 13.1. The first-order valence-electron chi connectivity index (χ1n) is 6.38. The van der Waals surface area contributed by atoms with Crippen molar-refractivity contribution in [2.45, 2.75) is 18.1 Å². The number of nitrogens with zero attached hydrogens (tertiary/aromatic N) is 2. The molecule has 1 heterocycles. The third-order valence-electron chi connectivity index (χ3n) is 2.96. The SMILES string of the molecule is CCN(c1ccccc1C(F)(F)F)S(=O)(=O)c1ccccn1. The molecule has 1 aromatic carbocycles. The van der Waals surface area contributed by atoms with Crippen molar-refractivity contribution in [2.75, 3.05) is 10.8 Å². The fourth-order valence-corrected chi connectivity index (χ4v) is 3.44. The Bertz CT molecular complexity index is 746. The van der Waals surface area contributed by atoms with E-state index in [1.807, 2.05) is 0 Å². The van der Waals surface area contributed by atoms with Gasteiger partial charge >= 0.3 is 6.18 Å². The Morgan fingerprint density at radius 1 is 1.09 bits per heavy atom. The predicted octanol–water partition coefficient (Wildman–Crippen LogP) is 3.32. The molecule has 22 heavy (non-hydrogen) atoms. The van der Waals surface area contributed by atoms with Crippen LogP contribution in [0.3, 0.4) is 0 Å². The van der Waals surface area contributed by atoms with Gasteiger partial charge in [-0.15, -0.1) is 0 Å². The number of hydrogen-bond acceptors (Lipinski definition) is 3. The first-order chi connectivity index (χ1) is 10.3. The van der Waals surface area contributed by atoms with Crippen LogP contribution in [0.4, 0.5) is 18.9 Å². The summed E-state index contributed by atoms with van der Waals surface area (Å²) in [4.78, 5) is 3.73. The molecule has 0 aliphatic carbocycles. The highest BCUT2D eigenvalue weighted by Crippen LogP contribution is 2.37. The Balaban J connectivity index is 2.60. The Hall–Kier alpha value is -2.09. The average molecular weight is 330 g/mol. The maximum Gasteiger partial charge on any atom is 0.418 e. The van der Waals surface area contributed by atoms with Gasteiger partial charge in [0.15, 0.2) is 5.03 Å². The zero-order valence-corrected chi connectivity index (χ0v) is 12.4. The van der Waals surface area contributed by atoms with Crippen LogP contribution in [0.2, 0.25) is 0 Å². The van der Waals surface area contributed by atoms with E-state index in [1.54, 1.807) is 0 Å². The summed E-state index contributed by atoms with van der Waals surface area (Å²) in [5, 5.41) is -0.297. The van der Waals surface area contributed by atoms with Crippen LogP contribution < -0.4 is 4.31 Å². The summed E-state index contributed by atoms with van der Waals surface area (Å²) in [7, 11) is -4.16. The molecule has 0 unspecified atom stereocenters. The van der Waals surface area contributed by atoms with Crippen molar-refractivity contribution < 1.29 is 21.6 Å². The first-order valence-corrected chi connectivity index (χ1v) is 7.82. The number of hydrogen-bond donors (Lipinski definition) is 0. The van der Waals surface area contributed by atoms with E-state index in [1.165, 1.54) is 43.5 Å². The van der Waals surface area contributed by atoms with Gasteiger partial charge in [0, 0.05) is 12.7 Å². The molecule has 4 nitrogen and oxygen atoms in total. The van der Waals surface area contributed by atoms with E-state index < -0.39 is 27.5 Å². The lowest BCUT2D eigenvalue weighted by Crippen LogP contribution is -2.33. The fraction of sp³-hybridized carbons (Fsp3) is 0.214. The lowest BCUT2D eigenvalue weighted by atomic mass is 10.1. The number of aromatic nitrogens is 1. The van der Waals surface area contributed by atoms with E-state index in [-0.39, 0.29) is 11.6 Å². The number of alkyl halides is 3. The topological polar surface area (TPSA) is 50.3 Å². The normalized spacial score (nSPS) is 12.2. The van der Waals surface area contributed by atoms with Crippen molar-refractivity contribution in [1.82, 2.24) is 4.98 Å². The molecule has 2 rings (SSSR count). The van der Waals surface area contributed by atoms with Gasteiger partial charge in [0.05, 0.1) is 11.3 Å². The lowest BCUT2D eigenvalue weighted by Gasteiger charge is -2.25. The molecular formula is C14H13F3N2O2S. The molecule has 0 aliphatic heterocycles. The second-order valence-corrected chi connectivity index (χ2v) is 6.16. The minimum atomic E-state index is -4.65. The number of pyridine rings is 1. The quantitative estimate of drug-likeness (QED) is 0.864. The molecule has 0 fully saturated rings. The van der Waals surface area contributed by atoms with Crippen molar-refractivity contribution in [2.24, 2.45) is 0 Å². The van der Waals surface area contributed by atoms with Crippen molar-refractivity contribution in [3.05, 3.63) is 54.2 Å². The number of para-hydroxylation sites is 1. The number of halogens is 3. The van der Waals surface area contributed by atoms with Gasteiger partial charge in [-0.2, -0.15) is 21.6 Å². The van der Waals surface area contributed by atoms with Crippen molar-refractivity contribution >= 4 is 15.7 Å². The molecule has 0 atom stereocenters. The lowest BCUT2D eigenvalue weighted by molar-refractivity contribution is -0.137. The summed E-state index contributed by atoms with van der Waals surface area (Å²) < 4.78 is 65.1. The summed E-state index contributed by atoms with van der Waals surface area (Å²) in [6.07, 6.45) is -3.37. The molecule has 0 spiro atoms. The second-order valence-electron chi connectivity index (χ2n) is 4.35. The average Bonchev–Trinajstić information content (AvgIpc) is 2.48. The van der Waals surface area contributed by atoms with E-state index in [4.69, 9.17) is 0 Å². The Morgan fingerprint density at radius 3 is 2.27 bits per heavy atom. The molecule has 118 valence electrons. The number of benzene rings is 1. The first kappa shape index (κ1) is 16.3. The molecular weight excluding hydrogens is 317 g/mol. The Labute approximate surface area is 126 Å². The van der Waals surface area contributed by atoms with E-state index in [0.29, 0.717) is 4.31 Å². The molecule has 8 heteroatoms. The molecule has 0 bridgehead atoms. The summed E-state index contributed by atoms with van der Waals surface area (Å²) in [6.45, 7) is 1.32. The van der Waals surface area contributed by atoms with Crippen LogP contribution >= 0.6 is 0 Å². The highest BCUT2D eigenvalue weighted by Gasteiger charge is 2.37. The highest BCUT2D eigenvalue weighted by atomic mass is 32.2. The van der Waals surface area contributed by atoms with Crippen molar-refractivity contribution in [3.63, 3.8) is 0 Å². The maximum absolute atomic E-state index is 13.1. The summed E-state index contributed by atoms with van der Waals surface area (Å²) in [6, 6.07) is 8.80. The van der Waals surface area contributed by atoms with Crippen LogP contribution in [-0.4, -0.2) is 19.9 Å². The van der Waals surface area contributed by atoms with Crippen LogP contribution in [0.15, 0.2) is 53.7 Å². The van der Waals surface area contributed by atoms with Gasteiger partial charge in [0.1, 0.15) is 0 Å². The van der Waals surface area contributed by atoms with E-state index in [9.17, 15) is 21.6 Å². The van der Waals surface area contributed by atoms with Gasteiger partial charge in [-0.05, 0) is 31.2 Å². The second kappa shape index (κ2) is 5.96. The van der Waals surface area contributed by atoms with Gasteiger partial charge in [-0.3, -0.25) is 4.31 Å². The van der Waals surface area contributed by atoms with Gasteiger partial charge in [-0.1, -0.05) is 18.2 Å². The summed E-state index contributed by atoms with van der Waals surface area (Å²) in [5.74, 6) is 0. The van der Waals surface area contributed by atoms with Crippen LogP contribution in [0, 0.1) is 0 Å². The van der Waals surface area contributed by atoms with Crippen LogP contribution in [-0.2, 0) is 16.2 Å². The molecule has 0 radical (unpaired) electrons. The molecule has 1 aromatic heterocycles. The minimum absolute atomic E-state index is 0.147. The van der Waals surface area contributed by atoms with Gasteiger partial charge < -0.3 is 0 Å². The van der Waals surface area contributed by atoms with Gasteiger partial charge in [0.25, 0.3) is 10.0 Å². The van der Waals surface area contributed by atoms with Crippen LogP contribution in [0.25, 0.3) is 0 Å². The standard InChI is InChI=1S/C14H13F3N2O2S/c1-2-19(22(20,21)13-9-5-6-10-18-13)12-8-4-3-7-11(12)14(15,16)17/h3-10H,2H2,1H3. The summed E-state index contributed by atoms with van der Waals surface area (Å²) >= 11 is 0. The number of sulfonamides is 1. The summed E-state index contributed by atoms with van der Waals surface area (Å²) in [5.41, 5.74) is -1.42. The van der Waals surface area contributed by atoms with E-state index in [2.05, 4.69) is 4.98 Å². The Morgan fingerprint density at radius 2 is 1.73 bits per heavy atom. The van der Waals surface area contributed by atoms with Gasteiger partial charge in [-0.25, -0.2) is 4.98 Å². The predicted molar refractivity (Wildman–Crippen MR) is 75.9 cm³/mol. The van der Waals surface area contributed by atoms with Crippen molar-refractivity contribution in [1.29, 1.82) is 0 Å². The van der Waals surface area contributed by atoms with E-state index >= 15 is 0 Å². The third-order valence-corrected chi connectivity index (χ3v) is 4.76. The third kappa shape index (κ3) is 3.06. The molecule has 0 saturated carbocycles. The number of rotatable bonds is 4. The zero-order valence-electron chi connectivity index (χ0n) is 11.6. The zero-order chi connectivity index (χ0) is 16.4. The highest BCUT2D eigenvalue weighted by molar-refractivity contribution is 7.92. The van der Waals surface area contributed by atoms with Crippen LogP contribution in [0.5, 0.6) is 0 Å². The molecule has 0 N–H and O–H groups in total. The van der Waals surface area contributed by atoms with Crippen molar-refractivity contribution in [3.8, 4) is 0 Å². The molecule has 0 aliphatic rings. The molecule has 2 aromatic rings. The molecule has 0 saturated heterocycles. The largest absolute Gasteiger partial charge is 0.418 e. The monoisotopic (exact) mass is 330 g/mol.